The summed E-state index contributed by atoms with van der Waals surface area (Å²) in [6, 6.07) is 0. The standard InChI is InChI=1S/C11H24N2O2.ClH/c1-3-15-10-5-4-9-13-11(14)7-6-8-12-2;/h12H,3-10H2,1-2H3,(H,13,14);1H. The summed E-state index contributed by atoms with van der Waals surface area (Å²) in [7, 11) is 1.89. The summed E-state index contributed by atoms with van der Waals surface area (Å²) in [5.74, 6) is 0.154. The van der Waals surface area contributed by atoms with E-state index in [9.17, 15) is 4.79 Å². The van der Waals surface area contributed by atoms with E-state index in [1.54, 1.807) is 0 Å². The van der Waals surface area contributed by atoms with Gasteiger partial charge in [0.25, 0.3) is 0 Å². The zero-order valence-electron chi connectivity index (χ0n) is 10.4. The van der Waals surface area contributed by atoms with Gasteiger partial charge in [-0.15, -0.1) is 12.4 Å². The Kier molecular flexibility index (Phi) is 16.6. The molecule has 0 aromatic heterocycles. The van der Waals surface area contributed by atoms with Crippen LogP contribution in [0.15, 0.2) is 0 Å². The SMILES string of the molecule is CCOCCCCNC(=O)CCCNC.Cl. The maximum absolute atomic E-state index is 11.2. The summed E-state index contributed by atoms with van der Waals surface area (Å²) in [4.78, 5) is 11.2. The summed E-state index contributed by atoms with van der Waals surface area (Å²) in [6.45, 7) is 5.23. The molecule has 0 atom stereocenters. The van der Waals surface area contributed by atoms with Crippen molar-refractivity contribution in [1.29, 1.82) is 0 Å². The highest BCUT2D eigenvalue weighted by atomic mass is 35.5. The van der Waals surface area contributed by atoms with Crippen molar-refractivity contribution in [2.24, 2.45) is 0 Å². The highest BCUT2D eigenvalue weighted by Gasteiger charge is 1.98. The molecule has 0 aromatic carbocycles. The van der Waals surface area contributed by atoms with Gasteiger partial charge in [-0.25, -0.2) is 0 Å². The normalized spacial score (nSPS) is 9.62. The monoisotopic (exact) mass is 252 g/mol. The fourth-order valence-corrected chi connectivity index (χ4v) is 1.22. The largest absolute Gasteiger partial charge is 0.382 e. The van der Waals surface area contributed by atoms with E-state index in [1.807, 2.05) is 14.0 Å². The average Bonchev–Trinajstić information content (AvgIpc) is 2.23. The van der Waals surface area contributed by atoms with Crippen molar-refractivity contribution < 1.29 is 9.53 Å². The molecule has 0 fully saturated rings. The molecular formula is C11H25ClN2O2. The van der Waals surface area contributed by atoms with Gasteiger partial charge in [-0.3, -0.25) is 4.79 Å². The lowest BCUT2D eigenvalue weighted by Gasteiger charge is -2.05. The molecule has 16 heavy (non-hydrogen) atoms. The molecule has 0 heterocycles. The zero-order chi connectivity index (χ0) is 11.4. The van der Waals surface area contributed by atoms with Gasteiger partial charge in [0.05, 0.1) is 0 Å². The van der Waals surface area contributed by atoms with E-state index < -0.39 is 0 Å². The lowest BCUT2D eigenvalue weighted by molar-refractivity contribution is -0.121. The summed E-state index contributed by atoms with van der Waals surface area (Å²) in [5, 5.41) is 5.91. The molecule has 98 valence electrons. The van der Waals surface area contributed by atoms with Crippen LogP contribution >= 0.6 is 12.4 Å². The van der Waals surface area contributed by atoms with Gasteiger partial charge in [-0.2, -0.15) is 0 Å². The van der Waals surface area contributed by atoms with Crippen molar-refractivity contribution in [2.75, 3.05) is 33.4 Å². The third-order valence-corrected chi connectivity index (χ3v) is 2.07. The van der Waals surface area contributed by atoms with Crippen LogP contribution in [-0.4, -0.2) is 39.3 Å². The average molecular weight is 253 g/mol. The van der Waals surface area contributed by atoms with E-state index in [0.717, 1.165) is 45.6 Å². The minimum absolute atomic E-state index is 0. The number of ether oxygens (including phenoxy) is 1. The molecule has 0 aliphatic heterocycles. The Hall–Kier alpha value is -0.320. The van der Waals surface area contributed by atoms with Crippen molar-refractivity contribution in [3.05, 3.63) is 0 Å². The van der Waals surface area contributed by atoms with Crippen molar-refractivity contribution in [1.82, 2.24) is 10.6 Å². The maximum atomic E-state index is 11.2. The van der Waals surface area contributed by atoms with Crippen molar-refractivity contribution in [3.63, 3.8) is 0 Å². The third kappa shape index (κ3) is 13.7. The van der Waals surface area contributed by atoms with Crippen LogP contribution in [0.4, 0.5) is 0 Å². The predicted octanol–water partition coefficient (Wildman–Crippen LogP) is 1.34. The van der Waals surface area contributed by atoms with Crippen LogP contribution in [0.25, 0.3) is 0 Å². The Morgan fingerprint density at radius 1 is 1.19 bits per heavy atom. The first-order chi connectivity index (χ1) is 7.31. The van der Waals surface area contributed by atoms with Crippen LogP contribution in [0.3, 0.4) is 0 Å². The van der Waals surface area contributed by atoms with Gasteiger partial charge < -0.3 is 15.4 Å². The molecule has 0 unspecified atom stereocenters. The van der Waals surface area contributed by atoms with E-state index in [-0.39, 0.29) is 18.3 Å². The number of rotatable bonds is 10. The van der Waals surface area contributed by atoms with Gasteiger partial charge in [-0.1, -0.05) is 0 Å². The van der Waals surface area contributed by atoms with Gasteiger partial charge in [-0.05, 0) is 39.8 Å². The first kappa shape index (κ1) is 18.1. The predicted molar refractivity (Wildman–Crippen MR) is 69.1 cm³/mol. The third-order valence-electron chi connectivity index (χ3n) is 2.07. The lowest BCUT2D eigenvalue weighted by Crippen LogP contribution is -2.25. The molecule has 0 rings (SSSR count). The molecule has 0 saturated heterocycles. The Morgan fingerprint density at radius 2 is 1.94 bits per heavy atom. The van der Waals surface area contributed by atoms with Crippen LogP contribution < -0.4 is 10.6 Å². The Bertz CT molecular complexity index is 157. The van der Waals surface area contributed by atoms with Crippen LogP contribution in [-0.2, 0) is 9.53 Å². The smallest absolute Gasteiger partial charge is 0.220 e. The molecule has 4 nitrogen and oxygen atoms in total. The number of unbranched alkanes of at least 4 members (excludes halogenated alkanes) is 1. The molecule has 1 amide bonds. The quantitative estimate of drug-likeness (QED) is 0.577. The number of nitrogens with one attached hydrogen (secondary N) is 2. The molecule has 0 aromatic rings. The zero-order valence-corrected chi connectivity index (χ0v) is 11.2. The molecule has 0 aliphatic carbocycles. The second kappa shape index (κ2) is 14.7. The Labute approximate surface area is 105 Å². The van der Waals surface area contributed by atoms with Gasteiger partial charge in [0.15, 0.2) is 0 Å². The van der Waals surface area contributed by atoms with Gasteiger partial charge in [0, 0.05) is 26.2 Å². The molecule has 0 saturated carbocycles. The minimum Gasteiger partial charge on any atom is -0.382 e. The van der Waals surface area contributed by atoms with Crippen molar-refractivity contribution in [3.8, 4) is 0 Å². The number of amides is 1. The minimum atomic E-state index is 0. The Balaban J connectivity index is 0. The topological polar surface area (TPSA) is 50.4 Å². The fourth-order valence-electron chi connectivity index (χ4n) is 1.22. The highest BCUT2D eigenvalue weighted by molar-refractivity contribution is 5.85. The lowest BCUT2D eigenvalue weighted by atomic mass is 10.2. The molecule has 5 heteroatoms. The van der Waals surface area contributed by atoms with E-state index in [1.165, 1.54) is 0 Å². The van der Waals surface area contributed by atoms with Crippen molar-refractivity contribution >= 4 is 18.3 Å². The second-order valence-electron chi connectivity index (χ2n) is 3.46. The van der Waals surface area contributed by atoms with Crippen molar-refractivity contribution in [2.45, 2.75) is 32.6 Å². The summed E-state index contributed by atoms with van der Waals surface area (Å²) in [6.07, 6.45) is 3.54. The van der Waals surface area contributed by atoms with Crippen LogP contribution in [0, 0.1) is 0 Å². The van der Waals surface area contributed by atoms with E-state index in [0.29, 0.717) is 6.42 Å². The molecule has 0 aliphatic rings. The number of carbonyl (C=O) groups is 1. The maximum Gasteiger partial charge on any atom is 0.220 e. The first-order valence-electron chi connectivity index (χ1n) is 5.80. The molecule has 0 spiro atoms. The second-order valence-corrected chi connectivity index (χ2v) is 3.46. The fraction of sp³-hybridized carbons (Fsp3) is 0.909. The van der Waals surface area contributed by atoms with E-state index in [4.69, 9.17) is 4.74 Å². The first-order valence-corrected chi connectivity index (χ1v) is 5.80. The van der Waals surface area contributed by atoms with Crippen LogP contribution in [0.2, 0.25) is 0 Å². The van der Waals surface area contributed by atoms with E-state index in [2.05, 4.69) is 10.6 Å². The highest BCUT2D eigenvalue weighted by Crippen LogP contribution is 1.90. The number of carbonyl (C=O) groups excluding carboxylic acids is 1. The number of hydrogen-bond acceptors (Lipinski definition) is 3. The van der Waals surface area contributed by atoms with Crippen LogP contribution in [0.1, 0.15) is 32.6 Å². The number of hydrogen-bond donors (Lipinski definition) is 2. The number of halogens is 1. The van der Waals surface area contributed by atoms with Gasteiger partial charge in [0.2, 0.25) is 5.91 Å². The molecule has 0 bridgehead atoms. The molecule has 0 radical (unpaired) electrons. The van der Waals surface area contributed by atoms with Gasteiger partial charge in [0.1, 0.15) is 0 Å². The Morgan fingerprint density at radius 3 is 2.56 bits per heavy atom. The van der Waals surface area contributed by atoms with Crippen LogP contribution in [0.5, 0.6) is 0 Å². The summed E-state index contributed by atoms with van der Waals surface area (Å²) in [5.41, 5.74) is 0. The summed E-state index contributed by atoms with van der Waals surface area (Å²) < 4.78 is 5.20. The summed E-state index contributed by atoms with van der Waals surface area (Å²) >= 11 is 0. The molecule has 2 N–H and O–H groups in total. The van der Waals surface area contributed by atoms with Gasteiger partial charge >= 0.3 is 0 Å². The van der Waals surface area contributed by atoms with E-state index >= 15 is 0 Å². The molecular weight excluding hydrogens is 228 g/mol.